The summed E-state index contributed by atoms with van der Waals surface area (Å²) in [4.78, 5) is 12.5. The maximum Gasteiger partial charge on any atom is 0.413 e. The van der Waals surface area contributed by atoms with Crippen molar-refractivity contribution in [1.82, 2.24) is 15.0 Å². The fourth-order valence-electron chi connectivity index (χ4n) is 3.83. The first-order valence-corrected chi connectivity index (χ1v) is 11.3. The van der Waals surface area contributed by atoms with Gasteiger partial charge in [-0.05, 0) is 60.6 Å². The lowest BCUT2D eigenvalue weighted by molar-refractivity contribution is 0.121. The summed E-state index contributed by atoms with van der Waals surface area (Å²) < 4.78 is 7.04. The molecule has 1 aromatic heterocycles. The number of carbonyl (C=O) groups excluding carboxylic acids is 1. The predicted molar refractivity (Wildman–Crippen MR) is 129 cm³/mol. The number of nitrogens with one attached hydrogen (secondary N) is 1. The topological polar surface area (TPSA) is 69.0 Å². The molecule has 3 aromatic carbocycles. The normalized spacial score (nSPS) is 14.0. The van der Waals surface area contributed by atoms with E-state index in [-0.39, 0.29) is 0 Å². The fourth-order valence-corrected chi connectivity index (χ4v) is 4.12. The minimum atomic E-state index is -0.613. The molecule has 1 aliphatic carbocycles. The van der Waals surface area contributed by atoms with Crippen molar-refractivity contribution < 1.29 is 9.53 Å². The number of benzene rings is 3. The average Bonchev–Trinajstić information content (AvgIpc) is 3.58. The fraction of sp³-hybridized carbons (Fsp3) is 0.192. The van der Waals surface area contributed by atoms with Crippen LogP contribution in [-0.4, -0.2) is 21.1 Å². The standard InChI is InChI=1S/C26H23ClN4O2/c1-17(23-4-2-3-5-24(23)27)33-26(32)29-25-16-28-30-31(25)22-14-12-21(13-15-22)20-10-8-19(9-11-20)18-6-7-18/h2-5,8-18H,6-7H2,1H3,(H,29,32)/t17-/m1/s1. The summed E-state index contributed by atoms with van der Waals surface area (Å²) in [6, 6.07) is 24.0. The van der Waals surface area contributed by atoms with Crippen LogP contribution in [0.15, 0.2) is 79.0 Å². The van der Waals surface area contributed by atoms with Crippen molar-refractivity contribution in [3.8, 4) is 16.8 Å². The minimum Gasteiger partial charge on any atom is -0.441 e. The predicted octanol–water partition coefficient (Wildman–Crippen LogP) is 6.77. The van der Waals surface area contributed by atoms with Gasteiger partial charge in [0.1, 0.15) is 6.10 Å². The molecule has 0 bridgehead atoms. The first-order valence-electron chi connectivity index (χ1n) is 10.9. The molecular formula is C26H23ClN4O2. The number of rotatable bonds is 6. The highest BCUT2D eigenvalue weighted by molar-refractivity contribution is 6.31. The van der Waals surface area contributed by atoms with Gasteiger partial charge in [-0.1, -0.05) is 71.4 Å². The summed E-state index contributed by atoms with van der Waals surface area (Å²) in [7, 11) is 0. The van der Waals surface area contributed by atoms with E-state index in [1.165, 1.54) is 30.2 Å². The van der Waals surface area contributed by atoms with Crippen LogP contribution in [0.2, 0.25) is 5.02 Å². The van der Waals surface area contributed by atoms with Crippen LogP contribution < -0.4 is 5.32 Å². The minimum absolute atomic E-state index is 0.410. The van der Waals surface area contributed by atoms with Gasteiger partial charge < -0.3 is 4.74 Å². The zero-order valence-corrected chi connectivity index (χ0v) is 18.9. The van der Waals surface area contributed by atoms with E-state index in [1.807, 2.05) is 42.5 Å². The molecule has 1 heterocycles. The highest BCUT2D eigenvalue weighted by Gasteiger charge is 2.23. The molecule has 0 saturated heterocycles. The summed E-state index contributed by atoms with van der Waals surface area (Å²) in [5, 5.41) is 11.3. The number of hydrogen-bond acceptors (Lipinski definition) is 4. The Morgan fingerprint density at radius 3 is 2.36 bits per heavy atom. The highest BCUT2D eigenvalue weighted by atomic mass is 35.5. The zero-order chi connectivity index (χ0) is 22.8. The van der Waals surface area contributed by atoms with Gasteiger partial charge in [0.05, 0.1) is 11.9 Å². The molecule has 1 amide bonds. The lowest BCUT2D eigenvalue weighted by atomic mass is 10.0. The molecule has 0 aliphatic heterocycles. The van der Waals surface area contributed by atoms with E-state index in [2.05, 4.69) is 39.9 Å². The lowest BCUT2D eigenvalue weighted by Crippen LogP contribution is -2.18. The maximum absolute atomic E-state index is 12.5. The molecule has 1 saturated carbocycles. The van der Waals surface area contributed by atoms with Gasteiger partial charge in [-0.15, -0.1) is 5.10 Å². The summed E-state index contributed by atoms with van der Waals surface area (Å²) in [6.07, 6.45) is 2.96. The summed E-state index contributed by atoms with van der Waals surface area (Å²) in [5.74, 6) is 1.16. The van der Waals surface area contributed by atoms with Crippen LogP contribution in [0.3, 0.4) is 0 Å². The zero-order valence-electron chi connectivity index (χ0n) is 18.1. The number of anilines is 1. The van der Waals surface area contributed by atoms with Crippen LogP contribution >= 0.6 is 11.6 Å². The number of carbonyl (C=O) groups is 1. The molecular weight excluding hydrogens is 436 g/mol. The Balaban J connectivity index is 1.27. The van der Waals surface area contributed by atoms with Crippen LogP contribution in [-0.2, 0) is 4.74 Å². The van der Waals surface area contributed by atoms with E-state index >= 15 is 0 Å². The number of aromatic nitrogens is 3. The number of amides is 1. The number of ether oxygens (including phenoxy) is 1. The van der Waals surface area contributed by atoms with E-state index in [0.717, 1.165) is 22.7 Å². The Morgan fingerprint density at radius 2 is 1.70 bits per heavy atom. The van der Waals surface area contributed by atoms with Gasteiger partial charge in [0.2, 0.25) is 0 Å². The Morgan fingerprint density at radius 1 is 1.03 bits per heavy atom. The van der Waals surface area contributed by atoms with Crippen molar-refractivity contribution in [1.29, 1.82) is 0 Å². The van der Waals surface area contributed by atoms with Crippen LogP contribution in [0.1, 0.15) is 42.9 Å². The third kappa shape index (κ3) is 4.76. The second-order valence-electron chi connectivity index (χ2n) is 8.17. The van der Waals surface area contributed by atoms with Gasteiger partial charge in [-0.25, -0.2) is 4.79 Å². The molecule has 0 radical (unpaired) electrons. The molecule has 0 unspecified atom stereocenters. The van der Waals surface area contributed by atoms with E-state index < -0.39 is 12.2 Å². The molecule has 1 fully saturated rings. The molecule has 6 nitrogen and oxygen atoms in total. The van der Waals surface area contributed by atoms with Crippen LogP contribution in [0.4, 0.5) is 10.6 Å². The Kier molecular flexibility index (Phi) is 5.84. The van der Waals surface area contributed by atoms with Gasteiger partial charge in [0, 0.05) is 10.6 Å². The molecule has 166 valence electrons. The van der Waals surface area contributed by atoms with E-state index in [1.54, 1.807) is 17.7 Å². The first-order chi connectivity index (χ1) is 16.1. The molecule has 0 spiro atoms. The Hall–Kier alpha value is -3.64. The van der Waals surface area contributed by atoms with E-state index in [0.29, 0.717) is 10.8 Å². The molecule has 4 aromatic rings. The van der Waals surface area contributed by atoms with Crippen LogP contribution in [0, 0.1) is 0 Å². The Bertz CT molecular complexity index is 1260. The second-order valence-corrected chi connectivity index (χ2v) is 8.58. The van der Waals surface area contributed by atoms with Crippen molar-refractivity contribution in [2.24, 2.45) is 0 Å². The van der Waals surface area contributed by atoms with Gasteiger partial charge in [0.25, 0.3) is 0 Å². The van der Waals surface area contributed by atoms with Crippen LogP contribution in [0.25, 0.3) is 16.8 Å². The largest absolute Gasteiger partial charge is 0.441 e. The molecule has 1 atom stereocenters. The molecule has 5 rings (SSSR count). The van der Waals surface area contributed by atoms with Gasteiger partial charge in [0.15, 0.2) is 5.82 Å². The Labute approximate surface area is 197 Å². The summed E-state index contributed by atoms with van der Waals surface area (Å²) in [5.41, 5.74) is 5.22. The van der Waals surface area contributed by atoms with Crippen molar-refractivity contribution in [2.75, 3.05) is 5.32 Å². The van der Waals surface area contributed by atoms with Crippen LogP contribution in [0.5, 0.6) is 0 Å². The summed E-state index contributed by atoms with van der Waals surface area (Å²) in [6.45, 7) is 1.77. The molecule has 1 N–H and O–H groups in total. The summed E-state index contributed by atoms with van der Waals surface area (Å²) >= 11 is 6.20. The molecule has 33 heavy (non-hydrogen) atoms. The lowest BCUT2D eigenvalue weighted by Gasteiger charge is -2.15. The van der Waals surface area contributed by atoms with Gasteiger partial charge in [-0.2, -0.15) is 4.68 Å². The quantitative estimate of drug-likeness (QED) is 0.346. The molecule has 1 aliphatic rings. The SMILES string of the molecule is C[C@@H](OC(=O)Nc1cnnn1-c1ccc(-c2ccc(C3CC3)cc2)cc1)c1ccccc1Cl. The second kappa shape index (κ2) is 9.08. The van der Waals surface area contributed by atoms with Crippen molar-refractivity contribution in [2.45, 2.75) is 31.8 Å². The number of nitrogens with zero attached hydrogens (tertiary/aromatic N) is 3. The van der Waals surface area contributed by atoms with E-state index in [4.69, 9.17) is 16.3 Å². The first kappa shape index (κ1) is 21.2. The smallest absolute Gasteiger partial charge is 0.413 e. The van der Waals surface area contributed by atoms with Crippen molar-refractivity contribution >= 4 is 23.5 Å². The third-order valence-electron chi connectivity index (χ3n) is 5.81. The van der Waals surface area contributed by atoms with Gasteiger partial charge in [-0.3, -0.25) is 5.32 Å². The third-order valence-corrected chi connectivity index (χ3v) is 6.16. The monoisotopic (exact) mass is 458 g/mol. The van der Waals surface area contributed by atoms with E-state index in [9.17, 15) is 4.79 Å². The highest BCUT2D eigenvalue weighted by Crippen LogP contribution is 2.40. The van der Waals surface area contributed by atoms with Crippen molar-refractivity contribution in [3.05, 3.63) is 95.1 Å². The number of hydrogen-bond donors (Lipinski definition) is 1. The van der Waals surface area contributed by atoms with Crippen molar-refractivity contribution in [3.63, 3.8) is 0 Å². The van der Waals surface area contributed by atoms with Gasteiger partial charge >= 0.3 is 6.09 Å². The molecule has 7 heteroatoms. The number of halogens is 1. The maximum atomic E-state index is 12.5. The average molecular weight is 459 g/mol.